The highest BCUT2D eigenvalue weighted by Crippen LogP contribution is 2.61. The summed E-state index contributed by atoms with van der Waals surface area (Å²) in [6, 6.07) is 0. The first-order valence-electron chi connectivity index (χ1n) is 7.13. The van der Waals surface area contributed by atoms with Gasteiger partial charge in [-0.1, -0.05) is 13.5 Å². The molecular weight excluding hydrogens is 384 g/mol. The predicted molar refractivity (Wildman–Crippen MR) is 70.0 cm³/mol. The second-order valence-electron chi connectivity index (χ2n) is 6.24. The molecule has 1 N–H and O–H groups in total. The summed E-state index contributed by atoms with van der Waals surface area (Å²) < 4.78 is 116. The number of hydrogen-bond donors (Lipinski definition) is 1. The first-order valence-corrected chi connectivity index (χ1v) is 7.13. The maximum atomic E-state index is 14.7. The van der Waals surface area contributed by atoms with Crippen molar-refractivity contribution in [3.05, 3.63) is 12.2 Å². The summed E-state index contributed by atoms with van der Waals surface area (Å²) in [5.74, 6) is -12.6. The van der Waals surface area contributed by atoms with Crippen LogP contribution in [0.15, 0.2) is 12.2 Å². The summed E-state index contributed by atoms with van der Waals surface area (Å²) >= 11 is 0. The Balaban J connectivity index is 3.75. The van der Waals surface area contributed by atoms with E-state index in [1.165, 1.54) is 0 Å². The zero-order chi connectivity index (χ0) is 21.0. The monoisotopic (exact) mass is 400 g/mol. The van der Waals surface area contributed by atoms with Gasteiger partial charge in [-0.05, 0) is 20.3 Å². The fourth-order valence-corrected chi connectivity index (χ4v) is 2.57. The van der Waals surface area contributed by atoms with E-state index in [-0.39, 0.29) is 6.92 Å². The van der Waals surface area contributed by atoms with Crippen LogP contribution in [0.3, 0.4) is 0 Å². The molecule has 0 aliphatic carbocycles. The van der Waals surface area contributed by atoms with Crippen LogP contribution in [0.1, 0.15) is 33.6 Å². The minimum absolute atomic E-state index is 0.0535. The van der Waals surface area contributed by atoms with Crippen molar-refractivity contribution in [3.8, 4) is 0 Å². The molecule has 1 rings (SSSR count). The van der Waals surface area contributed by atoms with Crippen LogP contribution in [0, 0.1) is 0 Å². The van der Waals surface area contributed by atoms with Crippen molar-refractivity contribution >= 4 is 5.97 Å². The van der Waals surface area contributed by atoms with Crippen molar-refractivity contribution in [2.24, 2.45) is 0 Å². The van der Waals surface area contributed by atoms with Gasteiger partial charge < -0.3 is 14.6 Å². The minimum Gasteiger partial charge on any atom is -0.449 e. The molecule has 1 aliphatic rings. The van der Waals surface area contributed by atoms with E-state index in [9.17, 15) is 45.0 Å². The lowest BCUT2D eigenvalue weighted by Gasteiger charge is -2.56. The maximum absolute atomic E-state index is 14.7. The van der Waals surface area contributed by atoms with Crippen molar-refractivity contribution in [2.75, 3.05) is 0 Å². The number of halogens is 8. The molecule has 26 heavy (non-hydrogen) atoms. The molecule has 0 spiro atoms. The molecule has 1 saturated heterocycles. The molecule has 3 atom stereocenters. The number of hydrogen-bond acceptors (Lipinski definition) is 4. The molecule has 0 aromatic heterocycles. The Kier molecular flexibility index (Phi) is 5.26. The van der Waals surface area contributed by atoms with Crippen molar-refractivity contribution < 1.29 is 54.5 Å². The average molecular weight is 400 g/mol. The van der Waals surface area contributed by atoms with Gasteiger partial charge in [0.15, 0.2) is 11.2 Å². The fraction of sp³-hybridized carbons (Fsp3) is 0.786. The van der Waals surface area contributed by atoms with Gasteiger partial charge in [-0.15, -0.1) is 0 Å². The van der Waals surface area contributed by atoms with Crippen LogP contribution in [0.4, 0.5) is 35.1 Å². The first kappa shape index (κ1) is 22.6. The van der Waals surface area contributed by atoms with E-state index in [0.29, 0.717) is 0 Å². The average Bonchev–Trinajstić information content (AvgIpc) is 2.42. The predicted octanol–water partition coefficient (Wildman–Crippen LogP) is 3.88. The molecule has 1 fully saturated rings. The fourth-order valence-electron chi connectivity index (χ4n) is 2.57. The number of carbonyl (C=O) groups is 1. The quantitative estimate of drug-likeness (QED) is 0.444. The molecule has 1 aliphatic heterocycles. The van der Waals surface area contributed by atoms with Gasteiger partial charge in [0.1, 0.15) is 0 Å². The number of ether oxygens (including phenoxy) is 2. The van der Waals surface area contributed by atoms with Crippen LogP contribution in [-0.2, 0) is 14.3 Å². The Morgan fingerprint density at radius 1 is 1.19 bits per heavy atom. The Bertz CT molecular complexity index is 599. The molecule has 0 aromatic rings. The Morgan fingerprint density at radius 2 is 1.65 bits per heavy atom. The molecule has 152 valence electrons. The lowest BCUT2D eigenvalue weighted by atomic mass is 9.74. The van der Waals surface area contributed by atoms with Crippen LogP contribution in [0.25, 0.3) is 0 Å². The summed E-state index contributed by atoms with van der Waals surface area (Å²) in [6.45, 7) is 4.85. The molecule has 0 aromatic carbocycles. The third-order valence-electron chi connectivity index (χ3n) is 4.19. The van der Waals surface area contributed by atoms with Gasteiger partial charge in [-0.2, -0.15) is 35.1 Å². The molecule has 4 nitrogen and oxygen atoms in total. The Morgan fingerprint density at radius 3 is 1.96 bits per heavy atom. The lowest BCUT2D eigenvalue weighted by Crippen LogP contribution is -2.79. The summed E-state index contributed by atoms with van der Waals surface area (Å²) in [5.41, 5.74) is -8.08. The summed E-state index contributed by atoms with van der Waals surface area (Å²) in [7, 11) is 0. The highest BCUT2D eigenvalue weighted by Gasteiger charge is 2.85. The van der Waals surface area contributed by atoms with Gasteiger partial charge in [0.05, 0.1) is 0 Å². The minimum atomic E-state index is -6.33. The van der Waals surface area contributed by atoms with E-state index in [4.69, 9.17) is 0 Å². The zero-order valence-corrected chi connectivity index (χ0v) is 13.8. The first-order chi connectivity index (χ1) is 11.3. The van der Waals surface area contributed by atoms with Gasteiger partial charge in [0.2, 0.25) is 0 Å². The molecule has 0 saturated carbocycles. The van der Waals surface area contributed by atoms with Gasteiger partial charge in [0, 0.05) is 12.0 Å². The van der Waals surface area contributed by atoms with Crippen LogP contribution in [-0.4, -0.2) is 46.3 Å². The van der Waals surface area contributed by atoms with Crippen LogP contribution >= 0.6 is 0 Å². The number of carbonyl (C=O) groups excluding carboxylic acids is 1. The topological polar surface area (TPSA) is 55.8 Å². The van der Waals surface area contributed by atoms with Gasteiger partial charge in [-0.25, -0.2) is 4.79 Å². The number of rotatable bonds is 3. The molecule has 0 radical (unpaired) electrons. The van der Waals surface area contributed by atoms with Crippen LogP contribution < -0.4 is 0 Å². The van der Waals surface area contributed by atoms with E-state index in [2.05, 4.69) is 16.1 Å². The molecule has 12 heteroatoms. The third-order valence-corrected chi connectivity index (χ3v) is 4.19. The van der Waals surface area contributed by atoms with Crippen molar-refractivity contribution in [2.45, 2.75) is 68.9 Å². The van der Waals surface area contributed by atoms with Crippen LogP contribution in [0.2, 0.25) is 0 Å². The molecule has 3 unspecified atom stereocenters. The maximum Gasteiger partial charge on any atom is 0.449 e. The second-order valence-corrected chi connectivity index (χ2v) is 6.24. The number of aliphatic hydroxyl groups is 1. The Labute approximate surface area is 142 Å². The smallest absolute Gasteiger partial charge is 0.449 e. The van der Waals surface area contributed by atoms with E-state index in [1.807, 2.05) is 0 Å². The molecule has 1 heterocycles. The van der Waals surface area contributed by atoms with Gasteiger partial charge in [0.25, 0.3) is 0 Å². The summed E-state index contributed by atoms with van der Waals surface area (Å²) in [4.78, 5) is 11.6. The highest BCUT2D eigenvalue weighted by atomic mass is 19.4. The number of esters is 1. The second kappa shape index (κ2) is 6.04. The summed E-state index contributed by atoms with van der Waals surface area (Å²) in [6.07, 6.45) is -15.0. The Hall–Kier alpha value is -1.43. The van der Waals surface area contributed by atoms with Gasteiger partial charge in [-0.3, -0.25) is 0 Å². The molecular formula is C14H16F8O4. The standard InChI is InChI=1S/C14H16F8O4/c1-5-10(25-8(23)7(2)3)6-9(4,13(17,18)19)26-12(24,11(10,15)16)14(20,21)22/h24H,2,5-6H2,1,3-4H3. The lowest BCUT2D eigenvalue weighted by molar-refractivity contribution is -0.515. The van der Waals surface area contributed by atoms with Crippen molar-refractivity contribution in [1.82, 2.24) is 0 Å². The SMILES string of the molecule is C=C(C)C(=O)OC1(CC)CC(C)(C(F)(F)F)OC(O)(C(F)(F)F)C1(F)F. The van der Waals surface area contributed by atoms with Crippen LogP contribution in [0.5, 0.6) is 0 Å². The van der Waals surface area contributed by atoms with Crippen molar-refractivity contribution in [1.29, 1.82) is 0 Å². The van der Waals surface area contributed by atoms with E-state index in [0.717, 1.165) is 13.8 Å². The zero-order valence-electron chi connectivity index (χ0n) is 13.8. The van der Waals surface area contributed by atoms with E-state index < -0.39 is 59.6 Å². The van der Waals surface area contributed by atoms with Crippen molar-refractivity contribution in [3.63, 3.8) is 0 Å². The normalized spacial score (nSPS) is 35.1. The summed E-state index contributed by atoms with van der Waals surface area (Å²) in [5, 5.41) is 9.54. The number of alkyl halides is 8. The van der Waals surface area contributed by atoms with Gasteiger partial charge >= 0.3 is 30.0 Å². The molecule has 0 bridgehead atoms. The highest BCUT2D eigenvalue weighted by molar-refractivity contribution is 5.87. The largest absolute Gasteiger partial charge is 0.449 e. The third kappa shape index (κ3) is 3.06. The van der Waals surface area contributed by atoms with E-state index in [1.54, 1.807) is 0 Å². The van der Waals surface area contributed by atoms with E-state index >= 15 is 0 Å². The molecule has 0 amide bonds.